The van der Waals surface area contributed by atoms with E-state index in [9.17, 15) is 0 Å². The Morgan fingerprint density at radius 3 is 2.80 bits per heavy atom. The lowest BCUT2D eigenvalue weighted by Gasteiger charge is -2.09. The fraction of sp³-hybridized carbons (Fsp3) is 0.250. The summed E-state index contributed by atoms with van der Waals surface area (Å²) in [5.41, 5.74) is 3.10. The maximum atomic E-state index is 4.70. The predicted molar refractivity (Wildman–Crippen MR) is 80.8 cm³/mol. The van der Waals surface area contributed by atoms with Gasteiger partial charge in [0, 0.05) is 12.6 Å². The SMILES string of the molecule is CC(C)NCc1cccc(-n2cnc3ccccc32)n1. The number of hydrogen-bond donors (Lipinski definition) is 1. The number of benzene rings is 1. The minimum Gasteiger partial charge on any atom is -0.309 e. The van der Waals surface area contributed by atoms with E-state index in [1.54, 1.807) is 0 Å². The fourth-order valence-electron chi connectivity index (χ4n) is 2.15. The highest BCUT2D eigenvalue weighted by Gasteiger charge is 2.05. The van der Waals surface area contributed by atoms with E-state index >= 15 is 0 Å². The molecular weight excluding hydrogens is 248 g/mol. The Morgan fingerprint density at radius 2 is 1.95 bits per heavy atom. The third-order valence-electron chi connectivity index (χ3n) is 3.18. The van der Waals surface area contributed by atoms with Crippen molar-refractivity contribution >= 4 is 11.0 Å². The molecule has 0 aliphatic carbocycles. The van der Waals surface area contributed by atoms with E-state index in [-0.39, 0.29) is 0 Å². The molecule has 4 nitrogen and oxygen atoms in total. The van der Waals surface area contributed by atoms with Gasteiger partial charge in [-0.2, -0.15) is 0 Å². The first-order valence-corrected chi connectivity index (χ1v) is 6.86. The van der Waals surface area contributed by atoms with Crippen molar-refractivity contribution in [2.24, 2.45) is 0 Å². The quantitative estimate of drug-likeness (QED) is 0.789. The van der Waals surface area contributed by atoms with Crippen LogP contribution < -0.4 is 5.32 Å². The van der Waals surface area contributed by atoms with Gasteiger partial charge in [-0.1, -0.05) is 32.0 Å². The summed E-state index contributed by atoms with van der Waals surface area (Å²) < 4.78 is 2.02. The number of imidazole rings is 1. The average Bonchev–Trinajstić information content (AvgIpc) is 2.89. The van der Waals surface area contributed by atoms with Crippen molar-refractivity contribution in [3.05, 3.63) is 54.5 Å². The molecule has 0 aliphatic heterocycles. The standard InChI is InChI=1S/C16H18N4/c1-12(2)17-10-13-6-5-9-16(19-13)20-11-18-14-7-3-4-8-15(14)20/h3-9,11-12,17H,10H2,1-2H3. The Balaban J connectivity index is 1.95. The van der Waals surface area contributed by atoms with Gasteiger partial charge >= 0.3 is 0 Å². The molecular formula is C16H18N4. The third kappa shape index (κ3) is 2.56. The second-order valence-corrected chi connectivity index (χ2v) is 5.13. The molecule has 0 saturated carbocycles. The molecule has 0 unspecified atom stereocenters. The van der Waals surface area contributed by atoms with Crippen LogP contribution >= 0.6 is 0 Å². The van der Waals surface area contributed by atoms with Gasteiger partial charge in [0.15, 0.2) is 0 Å². The molecule has 1 aromatic carbocycles. The summed E-state index contributed by atoms with van der Waals surface area (Å²) in [5.74, 6) is 0.904. The van der Waals surface area contributed by atoms with Crippen LogP contribution in [0.1, 0.15) is 19.5 Å². The highest BCUT2D eigenvalue weighted by Crippen LogP contribution is 2.16. The summed E-state index contributed by atoms with van der Waals surface area (Å²) in [4.78, 5) is 9.10. The van der Waals surface area contributed by atoms with Crippen LogP contribution in [0.5, 0.6) is 0 Å². The highest BCUT2D eigenvalue weighted by molar-refractivity contribution is 5.76. The first-order valence-electron chi connectivity index (χ1n) is 6.86. The van der Waals surface area contributed by atoms with Crippen molar-refractivity contribution in [2.75, 3.05) is 0 Å². The molecule has 3 aromatic rings. The minimum absolute atomic E-state index is 0.453. The summed E-state index contributed by atoms with van der Waals surface area (Å²) in [5, 5.41) is 3.38. The fourth-order valence-corrected chi connectivity index (χ4v) is 2.15. The molecule has 0 spiro atoms. The van der Waals surface area contributed by atoms with Crippen molar-refractivity contribution in [1.29, 1.82) is 0 Å². The van der Waals surface area contributed by atoms with Crippen LogP contribution in [-0.2, 0) is 6.54 Å². The van der Waals surface area contributed by atoms with E-state index in [2.05, 4.69) is 30.2 Å². The lowest BCUT2D eigenvalue weighted by Crippen LogP contribution is -2.22. The third-order valence-corrected chi connectivity index (χ3v) is 3.18. The summed E-state index contributed by atoms with van der Waals surface area (Å²) in [6.07, 6.45) is 1.83. The molecule has 0 aliphatic rings. The van der Waals surface area contributed by atoms with Crippen molar-refractivity contribution in [1.82, 2.24) is 19.9 Å². The van der Waals surface area contributed by atoms with E-state index < -0.39 is 0 Å². The molecule has 0 radical (unpaired) electrons. The monoisotopic (exact) mass is 266 g/mol. The molecule has 2 heterocycles. The minimum atomic E-state index is 0.453. The number of rotatable bonds is 4. The zero-order chi connectivity index (χ0) is 13.9. The number of para-hydroxylation sites is 2. The van der Waals surface area contributed by atoms with Crippen LogP contribution in [-0.4, -0.2) is 20.6 Å². The van der Waals surface area contributed by atoms with Gasteiger partial charge < -0.3 is 5.32 Å². The molecule has 0 fully saturated rings. The first kappa shape index (κ1) is 12.8. The van der Waals surface area contributed by atoms with E-state index in [1.807, 2.05) is 47.3 Å². The Morgan fingerprint density at radius 1 is 1.10 bits per heavy atom. The van der Waals surface area contributed by atoms with Gasteiger partial charge in [-0.15, -0.1) is 0 Å². The van der Waals surface area contributed by atoms with Crippen molar-refractivity contribution < 1.29 is 0 Å². The Kier molecular flexibility index (Phi) is 3.48. The zero-order valence-corrected chi connectivity index (χ0v) is 11.7. The number of hydrogen-bond acceptors (Lipinski definition) is 3. The van der Waals surface area contributed by atoms with Gasteiger partial charge in [-0.05, 0) is 24.3 Å². The smallest absolute Gasteiger partial charge is 0.138 e. The van der Waals surface area contributed by atoms with Crippen LogP contribution in [0.2, 0.25) is 0 Å². The molecule has 1 N–H and O–H groups in total. The van der Waals surface area contributed by atoms with Crippen LogP contribution in [0.15, 0.2) is 48.8 Å². The van der Waals surface area contributed by atoms with E-state index in [4.69, 9.17) is 4.98 Å². The number of nitrogens with one attached hydrogen (secondary N) is 1. The Bertz CT molecular complexity index is 715. The number of aromatic nitrogens is 3. The van der Waals surface area contributed by atoms with Gasteiger partial charge in [0.1, 0.15) is 12.1 Å². The number of pyridine rings is 1. The van der Waals surface area contributed by atoms with Gasteiger partial charge in [-0.25, -0.2) is 9.97 Å². The maximum absolute atomic E-state index is 4.70. The summed E-state index contributed by atoms with van der Waals surface area (Å²) in [7, 11) is 0. The van der Waals surface area contributed by atoms with Crippen molar-refractivity contribution in [3.63, 3.8) is 0 Å². The van der Waals surface area contributed by atoms with Crippen LogP contribution in [0.4, 0.5) is 0 Å². The molecule has 0 amide bonds. The largest absolute Gasteiger partial charge is 0.309 e. The van der Waals surface area contributed by atoms with E-state index in [0.717, 1.165) is 29.1 Å². The number of nitrogens with zero attached hydrogens (tertiary/aromatic N) is 3. The lowest BCUT2D eigenvalue weighted by molar-refractivity contribution is 0.581. The summed E-state index contributed by atoms with van der Waals surface area (Å²) >= 11 is 0. The van der Waals surface area contributed by atoms with Crippen LogP contribution in [0.25, 0.3) is 16.9 Å². The topological polar surface area (TPSA) is 42.7 Å². The van der Waals surface area contributed by atoms with Gasteiger partial charge in [0.05, 0.1) is 16.7 Å². The first-order chi connectivity index (χ1) is 9.74. The molecule has 3 rings (SSSR count). The summed E-state index contributed by atoms with van der Waals surface area (Å²) in [6, 6.07) is 14.6. The van der Waals surface area contributed by atoms with E-state index in [0.29, 0.717) is 6.04 Å². The van der Waals surface area contributed by atoms with Gasteiger partial charge in [-0.3, -0.25) is 4.57 Å². The lowest BCUT2D eigenvalue weighted by atomic mass is 10.3. The second kappa shape index (κ2) is 5.43. The predicted octanol–water partition coefficient (Wildman–Crippen LogP) is 2.92. The molecule has 0 saturated heterocycles. The normalized spacial score (nSPS) is 11.3. The molecule has 20 heavy (non-hydrogen) atoms. The highest BCUT2D eigenvalue weighted by atomic mass is 15.1. The second-order valence-electron chi connectivity index (χ2n) is 5.13. The van der Waals surface area contributed by atoms with E-state index in [1.165, 1.54) is 0 Å². The van der Waals surface area contributed by atoms with Crippen molar-refractivity contribution in [3.8, 4) is 5.82 Å². The molecule has 0 bridgehead atoms. The zero-order valence-electron chi connectivity index (χ0n) is 11.7. The Labute approximate surface area is 118 Å². The molecule has 0 atom stereocenters. The van der Waals surface area contributed by atoms with Crippen LogP contribution in [0.3, 0.4) is 0 Å². The molecule has 102 valence electrons. The Hall–Kier alpha value is -2.20. The molecule has 4 heteroatoms. The summed E-state index contributed by atoms with van der Waals surface area (Å²) in [6.45, 7) is 5.04. The van der Waals surface area contributed by atoms with Gasteiger partial charge in [0.2, 0.25) is 0 Å². The molecule has 2 aromatic heterocycles. The van der Waals surface area contributed by atoms with Gasteiger partial charge in [0.25, 0.3) is 0 Å². The maximum Gasteiger partial charge on any atom is 0.138 e. The average molecular weight is 266 g/mol. The number of fused-ring (bicyclic) bond motifs is 1. The van der Waals surface area contributed by atoms with Crippen molar-refractivity contribution in [2.45, 2.75) is 26.4 Å². The van der Waals surface area contributed by atoms with Crippen LogP contribution in [0, 0.1) is 0 Å².